The number of halogens is 3. The number of hydrogen-bond acceptors (Lipinski definition) is 5. The van der Waals surface area contributed by atoms with Gasteiger partial charge >= 0.3 is 12.1 Å². The minimum Gasteiger partial charge on any atom is -0.464 e. The Hall–Kier alpha value is -2.42. The molecular formula is C18H19F3N2O3S. The fourth-order valence-corrected chi connectivity index (χ4v) is 3.07. The van der Waals surface area contributed by atoms with Crippen molar-refractivity contribution in [1.82, 2.24) is 9.88 Å². The van der Waals surface area contributed by atoms with Crippen LogP contribution in [0.2, 0.25) is 0 Å². The first kappa shape index (κ1) is 20.9. The number of amides is 1. The molecule has 1 aromatic heterocycles. The molecule has 0 aliphatic heterocycles. The van der Waals surface area contributed by atoms with E-state index < -0.39 is 29.2 Å². The minimum absolute atomic E-state index is 0.0558. The fourth-order valence-electron chi connectivity index (χ4n) is 2.32. The zero-order chi connectivity index (χ0) is 20.4. The van der Waals surface area contributed by atoms with Crippen LogP contribution < -0.4 is 0 Å². The lowest BCUT2D eigenvalue weighted by molar-refractivity contribution is -0.137. The Morgan fingerprint density at radius 2 is 1.89 bits per heavy atom. The van der Waals surface area contributed by atoms with Crippen molar-refractivity contribution in [2.75, 3.05) is 7.11 Å². The molecule has 5 nitrogen and oxygen atoms in total. The summed E-state index contributed by atoms with van der Waals surface area (Å²) in [5, 5.41) is 1.99. The van der Waals surface area contributed by atoms with Crippen LogP contribution in [0.1, 0.15) is 52.2 Å². The first-order chi connectivity index (χ1) is 12.4. The Bertz CT molecular complexity index is 841. The number of hydrogen-bond donors (Lipinski definition) is 0. The number of methoxy groups -OCH3 is 1. The molecule has 0 aliphatic rings. The smallest absolute Gasteiger partial charge is 0.416 e. The zero-order valence-electron chi connectivity index (χ0n) is 15.3. The molecule has 1 heterocycles. The van der Waals surface area contributed by atoms with Crippen molar-refractivity contribution in [3.63, 3.8) is 0 Å². The SMILES string of the molecule is COC(=O)c1csc(CN(C(=O)c2cccc(C(F)(F)F)c2)C(C)(C)C)n1. The molecule has 0 bridgehead atoms. The van der Waals surface area contributed by atoms with E-state index >= 15 is 0 Å². The average Bonchev–Trinajstić information content (AvgIpc) is 3.05. The topological polar surface area (TPSA) is 59.5 Å². The van der Waals surface area contributed by atoms with Crippen LogP contribution >= 0.6 is 11.3 Å². The summed E-state index contributed by atoms with van der Waals surface area (Å²) in [5.74, 6) is -1.15. The number of esters is 1. The monoisotopic (exact) mass is 400 g/mol. The number of carbonyl (C=O) groups excluding carboxylic acids is 2. The molecule has 0 N–H and O–H groups in total. The molecule has 9 heteroatoms. The molecule has 1 amide bonds. The molecule has 0 unspecified atom stereocenters. The highest BCUT2D eigenvalue weighted by Gasteiger charge is 2.33. The minimum atomic E-state index is -4.53. The van der Waals surface area contributed by atoms with Gasteiger partial charge in [-0.25, -0.2) is 9.78 Å². The molecular weight excluding hydrogens is 381 g/mol. The highest BCUT2D eigenvalue weighted by molar-refractivity contribution is 7.09. The van der Waals surface area contributed by atoms with Crippen molar-refractivity contribution in [2.24, 2.45) is 0 Å². The van der Waals surface area contributed by atoms with E-state index in [1.165, 1.54) is 40.9 Å². The second-order valence-electron chi connectivity index (χ2n) is 6.76. The van der Waals surface area contributed by atoms with Crippen LogP contribution in [-0.4, -0.2) is 34.4 Å². The van der Waals surface area contributed by atoms with E-state index in [0.717, 1.165) is 12.1 Å². The molecule has 0 radical (unpaired) electrons. The van der Waals surface area contributed by atoms with Gasteiger partial charge in [0, 0.05) is 16.5 Å². The Kier molecular flexibility index (Phi) is 5.94. The molecule has 0 atom stereocenters. The molecule has 0 saturated carbocycles. The summed E-state index contributed by atoms with van der Waals surface area (Å²) in [7, 11) is 1.24. The van der Waals surface area contributed by atoms with E-state index in [4.69, 9.17) is 0 Å². The predicted molar refractivity (Wildman–Crippen MR) is 94.5 cm³/mol. The van der Waals surface area contributed by atoms with E-state index in [2.05, 4.69) is 9.72 Å². The van der Waals surface area contributed by atoms with Crippen molar-refractivity contribution in [2.45, 2.75) is 39.0 Å². The van der Waals surface area contributed by atoms with Gasteiger partial charge in [-0.15, -0.1) is 11.3 Å². The standard InChI is InChI=1S/C18H19F3N2O3S/c1-17(2,3)23(9-14-22-13(10-27-14)16(25)26-4)15(24)11-6-5-7-12(8-11)18(19,20)21/h5-8,10H,9H2,1-4H3. The van der Waals surface area contributed by atoms with Crippen LogP contribution in [0.3, 0.4) is 0 Å². The normalized spacial score (nSPS) is 12.0. The summed E-state index contributed by atoms with van der Waals surface area (Å²) in [6.07, 6.45) is -4.53. The van der Waals surface area contributed by atoms with Gasteiger partial charge in [-0.05, 0) is 39.0 Å². The molecule has 0 saturated heterocycles. The largest absolute Gasteiger partial charge is 0.464 e. The van der Waals surface area contributed by atoms with Crippen LogP contribution in [0.15, 0.2) is 29.6 Å². The van der Waals surface area contributed by atoms with Gasteiger partial charge in [-0.3, -0.25) is 4.79 Å². The average molecular weight is 400 g/mol. The quantitative estimate of drug-likeness (QED) is 0.715. The second kappa shape index (κ2) is 7.67. The molecule has 1 aromatic carbocycles. The third-order valence-corrected chi connectivity index (χ3v) is 4.56. The van der Waals surface area contributed by atoms with E-state index in [1.54, 1.807) is 20.8 Å². The number of benzene rings is 1. The number of aromatic nitrogens is 1. The van der Waals surface area contributed by atoms with Crippen molar-refractivity contribution in [3.05, 3.63) is 51.5 Å². The molecule has 0 fully saturated rings. The maximum absolute atomic E-state index is 12.9. The molecule has 2 aromatic rings. The van der Waals surface area contributed by atoms with Crippen molar-refractivity contribution in [1.29, 1.82) is 0 Å². The van der Waals surface area contributed by atoms with E-state index in [0.29, 0.717) is 5.01 Å². The number of nitrogens with zero attached hydrogens (tertiary/aromatic N) is 2. The number of ether oxygens (including phenoxy) is 1. The summed E-state index contributed by atoms with van der Waals surface area (Å²) in [6, 6.07) is 4.30. The lowest BCUT2D eigenvalue weighted by atomic mass is 10.0. The highest BCUT2D eigenvalue weighted by Crippen LogP contribution is 2.30. The molecule has 0 aliphatic carbocycles. The van der Waals surface area contributed by atoms with E-state index in [1.807, 2.05) is 0 Å². The molecule has 2 rings (SSSR count). The van der Waals surface area contributed by atoms with Crippen LogP contribution in [0.5, 0.6) is 0 Å². The summed E-state index contributed by atoms with van der Waals surface area (Å²) < 4.78 is 43.4. The Morgan fingerprint density at radius 3 is 2.44 bits per heavy atom. The number of rotatable bonds is 4. The Morgan fingerprint density at radius 1 is 1.22 bits per heavy atom. The van der Waals surface area contributed by atoms with Gasteiger partial charge in [0.2, 0.25) is 0 Å². The molecule has 27 heavy (non-hydrogen) atoms. The zero-order valence-corrected chi connectivity index (χ0v) is 16.1. The lowest BCUT2D eigenvalue weighted by Gasteiger charge is -2.35. The maximum Gasteiger partial charge on any atom is 0.416 e. The third-order valence-electron chi connectivity index (χ3n) is 3.73. The van der Waals surface area contributed by atoms with E-state index in [-0.39, 0.29) is 17.8 Å². The summed E-state index contributed by atoms with van der Waals surface area (Å²) >= 11 is 1.17. The van der Waals surface area contributed by atoms with Gasteiger partial charge in [-0.2, -0.15) is 13.2 Å². The predicted octanol–water partition coefficient (Wildman–Crippen LogP) is 4.39. The third kappa shape index (κ3) is 5.06. The summed E-state index contributed by atoms with van der Waals surface area (Å²) in [5.41, 5.74) is -1.51. The van der Waals surface area contributed by atoms with Gasteiger partial charge < -0.3 is 9.64 Å². The first-order valence-corrected chi connectivity index (χ1v) is 8.83. The van der Waals surface area contributed by atoms with Gasteiger partial charge in [0.25, 0.3) is 5.91 Å². The summed E-state index contributed by atoms with van der Waals surface area (Å²) in [4.78, 5) is 30.0. The molecule has 0 spiro atoms. The van der Waals surface area contributed by atoms with Crippen LogP contribution in [0.4, 0.5) is 13.2 Å². The van der Waals surface area contributed by atoms with Gasteiger partial charge in [0.1, 0.15) is 5.01 Å². The van der Waals surface area contributed by atoms with Crippen molar-refractivity contribution < 1.29 is 27.5 Å². The Balaban J connectivity index is 2.33. The molecule has 146 valence electrons. The number of thiazole rings is 1. The second-order valence-corrected chi connectivity index (χ2v) is 7.70. The Labute approximate surface area is 158 Å². The maximum atomic E-state index is 12.9. The van der Waals surface area contributed by atoms with Gasteiger partial charge in [0.05, 0.1) is 19.2 Å². The van der Waals surface area contributed by atoms with Crippen LogP contribution in [-0.2, 0) is 17.5 Å². The van der Waals surface area contributed by atoms with Crippen molar-refractivity contribution in [3.8, 4) is 0 Å². The van der Waals surface area contributed by atoms with Crippen LogP contribution in [0.25, 0.3) is 0 Å². The van der Waals surface area contributed by atoms with Crippen molar-refractivity contribution >= 4 is 23.2 Å². The highest BCUT2D eigenvalue weighted by atomic mass is 32.1. The number of carbonyl (C=O) groups is 2. The fraction of sp³-hybridized carbons (Fsp3) is 0.389. The van der Waals surface area contributed by atoms with Gasteiger partial charge in [-0.1, -0.05) is 6.07 Å². The number of alkyl halides is 3. The van der Waals surface area contributed by atoms with E-state index in [9.17, 15) is 22.8 Å². The summed E-state index contributed by atoms with van der Waals surface area (Å²) in [6.45, 7) is 5.37. The first-order valence-electron chi connectivity index (χ1n) is 7.95. The van der Waals surface area contributed by atoms with Crippen LogP contribution in [0, 0.1) is 0 Å². The lowest BCUT2D eigenvalue weighted by Crippen LogP contribution is -2.45. The van der Waals surface area contributed by atoms with Gasteiger partial charge in [0.15, 0.2) is 5.69 Å².